The van der Waals surface area contributed by atoms with Gasteiger partial charge in [0.05, 0.1) is 20.2 Å². The molecule has 7 nitrogen and oxygen atoms in total. The number of rotatable bonds is 8. The molecule has 0 saturated heterocycles. The molecule has 0 aliphatic carbocycles. The van der Waals surface area contributed by atoms with Crippen molar-refractivity contribution in [1.82, 2.24) is 4.72 Å². The van der Waals surface area contributed by atoms with Crippen LogP contribution in [0.4, 0.5) is 0 Å². The molecule has 0 bridgehead atoms. The zero-order valence-corrected chi connectivity index (χ0v) is 15.9. The number of ether oxygens (including phenoxy) is 2. The molecule has 0 aromatic heterocycles. The monoisotopic (exact) mass is 390 g/mol. The van der Waals surface area contributed by atoms with E-state index in [0.717, 1.165) is 11.6 Å². The Balaban J connectivity index is 2.50. The zero-order chi connectivity index (χ0) is 20.0. The van der Waals surface area contributed by atoms with Crippen molar-refractivity contribution >= 4 is 22.1 Å². The van der Waals surface area contributed by atoms with Crippen LogP contribution in [0.2, 0.25) is 0 Å². The van der Waals surface area contributed by atoms with E-state index in [4.69, 9.17) is 9.47 Å². The van der Waals surface area contributed by atoms with Gasteiger partial charge in [0.1, 0.15) is 4.90 Å². The maximum Gasteiger partial charge on any atom is 0.244 e. The van der Waals surface area contributed by atoms with Gasteiger partial charge < -0.3 is 19.4 Å². The predicted molar refractivity (Wildman–Crippen MR) is 98.8 cm³/mol. The summed E-state index contributed by atoms with van der Waals surface area (Å²) in [6, 6.07) is 11.4. The van der Waals surface area contributed by atoms with Crippen LogP contribution in [-0.4, -0.2) is 28.6 Å². The number of nitrogens with one attached hydrogen (secondary N) is 1. The third kappa shape index (κ3) is 5.08. The Labute approximate surface area is 158 Å². The van der Waals surface area contributed by atoms with Crippen LogP contribution in [0.5, 0.6) is 11.5 Å². The van der Waals surface area contributed by atoms with E-state index in [-0.39, 0.29) is 16.4 Å². The number of benzene rings is 2. The fourth-order valence-electron chi connectivity index (χ4n) is 2.52. The number of sulfonamides is 1. The van der Waals surface area contributed by atoms with Gasteiger partial charge in [0, 0.05) is 6.04 Å². The summed E-state index contributed by atoms with van der Waals surface area (Å²) >= 11 is 0. The maximum absolute atomic E-state index is 13.0. The number of aliphatic carboxylic acids is 1. The summed E-state index contributed by atoms with van der Waals surface area (Å²) in [7, 11) is -1.31. The van der Waals surface area contributed by atoms with Crippen LogP contribution in [0.25, 0.3) is 6.08 Å². The quantitative estimate of drug-likeness (QED) is 0.685. The second-order valence-corrected chi connectivity index (χ2v) is 7.34. The summed E-state index contributed by atoms with van der Waals surface area (Å²) in [4.78, 5) is 10.5. The lowest BCUT2D eigenvalue weighted by molar-refractivity contribution is -0.297. The van der Waals surface area contributed by atoms with E-state index in [1.165, 1.54) is 32.4 Å². The summed E-state index contributed by atoms with van der Waals surface area (Å²) in [5.41, 5.74) is 1.10. The largest absolute Gasteiger partial charge is 0.545 e. The predicted octanol–water partition coefficient (Wildman–Crippen LogP) is 1.51. The summed E-state index contributed by atoms with van der Waals surface area (Å²) in [6.45, 7) is 1.72. The first-order valence-corrected chi connectivity index (χ1v) is 9.49. The average Bonchev–Trinajstić information content (AvgIpc) is 2.65. The minimum Gasteiger partial charge on any atom is -0.545 e. The Hall–Kier alpha value is -2.84. The van der Waals surface area contributed by atoms with Crippen molar-refractivity contribution in [1.29, 1.82) is 0 Å². The molecule has 0 aliphatic heterocycles. The normalized spacial score (nSPS) is 12.7. The fraction of sp³-hybridized carbons (Fsp3) is 0.211. The van der Waals surface area contributed by atoms with Crippen molar-refractivity contribution in [3.63, 3.8) is 0 Å². The van der Waals surface area contributed by atoms with Gasteiger partial charge in [-0.2, -0.15) is 0 Å². The molecule has 0 aliphatic rings. The fourth-order valence-corrected chi connectivity index (χ4v) is 3.96. The number of carbonyl (C=O) groups excluding carboxylic acids is 1. The first kappa shape index (κ1) is 20.5. The Morgan fingerprint density at radius 3 is 2.37 bits per heavy atom. The molecule has 144 valence electrons. The van der Waals surface area contributed by atoms with Crippen LogP contribution in [0.15, 0.2) is 53.4 Å². The summed E-state index contributed by atoms with van der Waals surface area (Å²) in [6.07, 6.45) is 2.02. The van der Waals surface area contributed by atoms with Gasteiger partial charge in [-0.1, -0.05) is 36.4 Å². The molecule has 0 radical (unpaired) electrons. The van der Waals surface area contributed by atoms with E-state index in [2.05, 4.69) is 4.72 Å². The van der Waals surface area contributed by atoms with Gasteiger partial charge in [-0.15, -0.1) is 0 Å². The van der Waals surface area contributed by atoms with E-state index in [9.17, 15) is 18.3 Å². The van der Waals surface area contributed by atoms with Gasteiger partial charge >= 0.3 is 0 Å². The molecule has 2 aromatic rings. The Bertz CT molecular complexity index is 938. The topological polar surface area (TPSA) is 105 Å². The molecule has 0 amide bonds. The van der Waals surface area contributed by atoms with E-state index < -0.39 is 22.0 Å². The van der Waals surface area contributed by atoms with E-state index in [1.807, 2.05) is 30.3 Å². The maximum atomic E-state index is 13.0. The lowest BCUT2D eigenvalue weighted by Gasteiger charge is -2.18. The van der Waals surface area contributed by atoms with Crippen LogP contribution in [0, 0.1) is 0 Å². The van der Waals surface area contributed by atoms with Crippen LogP contribution in [0.1, 0.15) is 24.1 Å². The highest BCUT2D eigenvalue weighted by atomic mass is 32.2. The summed E-state index contributed by atoms with van der Waals surface area (Å²) < 4.78 is 38.9. The highest BCUT2D eigenvalue weighted by Gasteiger charge is 2.25. The van der Waals surface area contributed by atoms with Crippen molar-refractivity contribution in [2.45, 2.75) is 17.9 Å². The highest BCUT2D eigenvalue weighted by Crippen LogP contribution is 2.36. The van der Waals surface area contributed by atoms with Crippen LogP contribution < -0.4 is 19.3 Å². The molecular formula is C19H20NO6S-. The summed E-state index contributed by atoms with van der Waals surface area (Å²) in [5.74, 6) is -1.22. The number of carboxylic acids is 1. The molecule has 0 fully saturated rings. The third-order valence-electron chi connectivity index (χ3n) is 3.80. The van der Waals surface area contributed by atoms with Crippen molar-refractivity contribution in [2.75, 3.05) is 14.2 Å². The second kappa shape index (κ2) is 8.70. The molecule has 0 spiro atoms. The van der Waals surface area contributed by atoms with Crippen molar-refractivity contribution in [2.24, 2.45) is 0 Å². The first-order chi connectivity index (χ1) is 12.8. The van der Waals surface area contributed by atoms with Crippen molar-refractivity contribution < 1.29 is 27.8 Å². The molecule has 0 saturated carbocycles. The molecule has 1 N–H and O–H groups in total. The second-order valence-electron chi connectivity index (χ2n) is 5.66. The molecule has 0 unspecified atom stereocenters. The highest BCUT2D eigenvalue weighted by molar-refractivity contribution is 7.89. The molecule has 2 aromatic carbocycles. The van der Waals surface area contributed by atoms with E-state index in [1.54, 1.807) is 6.92 Å². The van der Waals surface area contributed by atoms with Gasteiger partial charge in [-0.25, -0.2) is 13.1 Å². The Morgan fingerprint density at radius 1 is 1.15 bits per heavy atom. The number of hydrogen-bond donors (Lipinski definition) is 1. The molecule has 27 heavy (non-hydrogen) atoms. The molecular weight excluding hydrogens is 370 g/mol. The lowest BCUT2D eigenvalue weighted by atomic mass is 10.1. The SMILES string of the molecule is COc1cc(/C=C/C(=O)[O-])cc(S(=O)(=O)N[C@@H](C)c2ccccc2)c1OC. The number of carboxylic acid groups (broad SMARTS) is 1. The standard InChI is InChI=1S/C19H21NO6S/c1-13(15-7-5-4-6-8-15)20-27(23,24)17-12-14(9-10-18(21)22)11-16(25-2)19(17)26-3/h4-13,20H,1-3H3,(H,21,22)/p-1/b10-9+/t13-/m0/s1. The lowest BCUT2D eigenvalue weighted by Crippen LogP contribution is -2.27. The minimum atomic E-state index is -4.00. The van der Waals surface area contributed by atoms with Gasteiger partial charge in [0.25, 0.3) is 0 Å². The summed E-state index contributed by atoms with van der Waals surface area (Å²) in [5, 5.41) is 10.6. The van der Waals surface area contributed by atoms with Gasteiger partial charge in [0.2, 0.25) is 10.0 Å². The van der Waals surface area contributed by atoms with Gasteiger partial charge in [-0.05, 0) is 36.3 Å². The number of hydrogen-bond acceptors (Lipinski definition) is 6. The van der Waals surface area contributed by atoms with Crippen LogP contribution in [-0.2, 0) is 14.8 Å². The molecule has 2 rings (SSSR count). The van der Waals surface area contributed by atoms with Crippen molar-refractivity contribution in [3.8, 4) is 11.5 Å². The third-order valence-corrected chi connectivity index (χ3v) is 5.35. The van der Waals surface area contributed by atoms with Gasteiger partial charge in [0.15, 0.2) is 11.5 Å². The van der Waals surface area contributed by atoms with Crippen molar-refractivity contribution in [3.05, 3.63) is 59.7 Å². The molecule has 8 heteroatoms. The number of methoxy groups -OCH3 is 2. The zero-order valence-electron chi connectivity index (χ0n) is 15.1. The molecule has 1 atom stereocenters. The van der Waals surface area contributed by atoms with Crippen LogP contribution in [0.3, 0.4) is 0 Å². The smallest absolute Gasteiger partial charge is 0.244 e. The van der Waals surface area contributed by atoms with E-state index >= 15 is 0 Å². The van der Waals surface area contributed by atoms with E-state index in [0.29, 0.717) is 5.56 Å². The number of carbonyl (C=O) groups is 1. The van der Waals surface area contributed by atoms with Crippen LogP contribution >= 0.6 is 0 Å². The van der Waals surface area contributed by atoms with Gasteiger partial charge in [-0.3, -0.25) is 0 Å². The minimum absolute atomic E-state index is 0.0239. The first-order valence-electron chi connectivity index (χ1n) is 8.01. The Morgan fingerprint density at radius 2 is 1.81 bits per heavy atom. The molecule has 0 heterocycles. The Kier molecular flexibility index (Phi) is 6.59. The average molecular weight is 390 g/mol.